The van der Waals surface area contributed by atoms with Gasteiger partial charge >= 0.3 is 29.6 Å². The van der Waals surface area contributed by atoms with Gasteiger partial charge in [-0.3, -0.25) is 4.79 Å². The van der Waals surface area contributed by atoms with Crippen LogP contribution in [-0.2, 0) is 16.1 Å². The molecule has 21 heavy (non-hydrogen) atoms. The van der Waals surface area contributed by atoms with Crippen LogP contribution < -0.4 is 44.7 Å². The zero-order chi connectivity index (χ0) is 15.3. The first-order valence-corrected chi connectivity index (χ1v) is 6.86. The second kappa shape index (κ2) is 8.78. The molecule has 0 aliphatic carbocycles. The van der Waals surface area contributed by atoms with Crippen molar-refractivity contribution in [1.29, 1.82) is 0 Å². The molecule has 0 unspecified atom stereocenters. The largest absolute Gasteiger partial charge is 1.00 e. The summed E-state index contributed by atoms with van der Waals surface area (Å²) in [5.74, 6) is -0.929. The van der Waals surface area contributed by atoms with Crippen molar-refractivity contribution < 1.29 is 49.0 Å². The Bertz CT molecular complexity index is 520. The van der Waals surface area contributed by atoms with Crippen LogP contribution in [0, 0.1) is 5.41 Å². The van der Waals surface area contributed by atoms with Crippen molar-refractivity contribution in [2.24, 2.45) is 5.41 Å². The van der Waals surface area contributed by atoms with Crippen molar-refractivity contribution in [3.05, 3.63) is 28.2 Å². The number of amides is 1. The second-order valence-corrected chi connectivity index (χ2v) is 6.00. The van der Waals surface area contributed by atoms with Crippen LogP contribution in [0.15, 0.2) is 22.7 Å². The normalized spacial score (nSPS) is 10.5. The van der Waals surface area contributed by atoms with Crippen LogP contribution in [0.2, 0.25) is 0 Å². The van der Waals surface area contributed by atoms with E-state index in [1.54, 1.807) is 13.2 Å². The van der Waals surface area contributed by atoms with Crippen molar-refractivity contribution in [3.63, 3.8) is 0 Å². The number of methoxy groups -OCH3 is 1. The predicted octanol–water partition coefficient (Wildman–Crippen LogP) is -1.76. The number of carboxylic acids is 1. The number of hydrogen-bond donors (Lipinski definition) is 1. The maximum Gasteiger partial charge on any atom is 1.00 e. The van der Waals surface area contributed by atoms with E-state index in [0.717, 1.165) is 10.0 Å². The molecule has 1 aromatic rings. The minimum absolute atomic E-state index is 0. The molecule has 7 heteroatoms. The van der Waals surface area contributed by atoms with Gasteiger partial charge in [-0.1, -0.05) is 29.8 Å². The number of nitrogens with one attached hydrogen (secondary N) is 1. The number of hydrogen-bond acceptors (Lipinski definition) is 4. The maximum atomic E-state index is 11.8. The van der Waals surface area contributed by atoms with Crippen molar-refractivity contribution >= 4 is 27.8 Å². The van der Waals surface area contributed by atoms with E-state index in [2.05, 4.69) is 21.2 Å². The molecule has 0 aliphatic heterocycles. The van der Waals surface area contributed by atoms with Gasteiger partial charge in [0.15, 0.2) is 0 Å². The standard InChI is InChI=1S/C14H18BrNO4.Na/c1-14(2,13(18)19)7-12(17)16-8-9-6-10(15)4-5-11(9)20-3;/h4-6H,7-8H2,1-3H3,(H,16,17)(H,18,19);/q;+1/p-1. The van der Waals surface area contributed by atoms with E-state index >= 15 is 0 Å². The molecule has 0 atom stereocenters. The van der Waals surface area contributed by atoms with Crippen molar-refractivity contribution in [2.45, 2.75) is 26.8 Å². The summed E-state index contributed by atoms with van der Waals surface area (Å²) in [6.45, 7) is 3.19. The predicted molar refractivity (Wildman–Crippen MR) is 75.9 cm³/mol. The molecule has 1 N–H and O–H groups in total. The monoisotopic (exact) mass is 365 g/mol. The van der Waals surface area contributed by atoms with Crippen LogP contribution in [-0.4, -0.2) is 19.0 Å². The van der Waals surface area contributed by atoms with E-state index < -0.39 is 11.4 Å². The Morgan fingerprint density at radius 2 is 2.00 bits per heavy atom. The summed E-state index contributed by atoms with van der Waals surface area (Å²) in [6, 6.07) is 5.46. The molecule has 0 aromatic heterocycles. The Morgan fingerprint density at radius 3 is 2.52 bits per heavy atom. The Labute approximate surface area is 154 Å². The van der Waals surface area contributed by atoms with E-state index in [1.165, 1.54) is 13.8 Å². The van der Waals surface area contributed by atoms with Crippen molar-refractivity contribution in [3.8, 4) is 5.75 Å². The average molecular weight is 366 g/mol. The number of rotatable bonds is 6. The summed E-state index contributed by atoms with van der Waals surface area (Å²) in [6.07, 6.45) is -0.133. The van der Waals surface area contributed by atoms with E-state index in [-0.39, 0.29) is 48.4 Å². The van der Waals surface area contributed by atoms with Crippen LogP contribution in [0.1, 0.15) is 25.8 Å². The number of benzene rings is 1. The molecule has 0 fully saturated rings. The van der Waals surface area contributed by atoms with E-state index in [0.29, 0.717) is 5.75 Å². The summed E-state index contributed by atoms with van der Waals surface area (Å²) >= 11 is 3.35. The molecule has 0 saturated heterocycles. The van der Waals surface area contributed by atoms with Gasteiger partial charge in [-0.05, 0) is 18.2 Å². The molecule has 1 aromatic carbocycles. The molecule has 0 aliphatic rings. The van der Waals surface area contributed by atoms with Gasteiger partial charge in [-0.25, -0.2) is 0 Å². The molecule has 0 radical (unpaired) electrons. The number of carbonyl (C=O) groups is 2. The number of carboxylic acid groups (broad SMARTS) is 1. The summed E-state index contributed by atoms with van der Waals surface area (Å²) in [5.41, 5.74) is -0.382. The van der Waals surface area contributed by atoms with Crippen LogP contribution in [0.3, 0.4) is 0 Å². The SMILES string of the molecule is COc1ccc(Br)cc1CNC(=O)CC(C)(C)C(=O)[O-].[Na+]. The first kappa shape index (κ1) is 20.4. The Morgan fingerprint density at radius 1 is 1.38 bits per heavy atom. The van der Waals surface area contributed by atoms with Gasteiger partial charge in [-0.15, -0.1) is 0 Å². The van der Waals surface area contributed by atoms with E-state index in [1.807, 2.05) is 12.1 Å². The van der Waals surface area contributed by atoms with Gasteiger partial charge in [-0.2, -0.15) is 0 Å². The van der Waals surface area contributed by atoms with Crippen LogP contribution in [0.5, 0.6) is 5.75 Å². The van der Waals surface area contributed by atoms with Crippen molar-refractivity contribution in [2.75, 3.05) is 7.11 Å². The second-order valence-electron chi connectivity index (χ2n) is 5.08. The molecule has 0 spiro atoms. The van der Waals surface area contributed by atoms with Gasteiger partial charge < -0.3 is 20.0 Å². The smallest absolute Gasteiger partial charge is 0.550 e. The number of carbonyl (C=O) groups excluding carboxylic acids is 2. The third kappa shape index (κ3) is 6.38. The molecule has 1 amide bonds. The van der Waals surface area contributed by atoms with Crippen molar-refractivity contribution in [1.82, 2.24) is 5.32 Å². The molecular formula is C14H17BrNNaO4. The van der Waals surface area contributed by atoms with Gasteiger partial charge in [0, 0.05) is 34.4 Å². The third-order valence-electron chi connectivity index (χ3n) is 2.87. The topological polar surface area (TPSA) is 78.5 Å². The Kier molecular flexibility index (Phi) is 8.54. The summed E-state index contributed by atoms with van der Waals surface area (Å²) < 4.78 is 6.07. The van der Waals surface area contributed by atoms with Crippen LogP contribution in [0.25, 0.3) is 0 Å². The third-order valence-corrected chi connectivity index (χ3v) is 3.37. The first-order valence-electron chi connectivity index (χ1n) is 6.07. The number of halogens is 1. The minimum atomic E-state index is -1.24. The quantitative estimate of drug-likeness (QED) is 0.606. The number of ether oxygens (including phenoxy) is 1. The average Bonchev–Trinajstić information content (AvgIpc) is 2.35. The molecule has 0 bridgehead atoms. The fraction of sp³-hybridized carbons (Fsp3) is 0.429. The molecule has 0 heterocycles. The molecule has 110 valence electrons. The number of aliphatic carboxylic acids is 1. The van der Waals surface area contributed by atoms with Gasteiger partial charge in [0.2, 0.25) is 5.91 Å². The van der Waals surface area contributed by atoms with E-state index in [9.17, 15) is 14.7 Å². The van der Waals surface area contributed by atoms with Gasteiger partial charge in [0.1, 0.15) is 5.75 Å². The first-order chi connectivity index (χ1) is 9.26. The Hall–Kier alpha value is -0.560. The maximum absolute atomic E-state index is 11.8. The summed E-state index contributed by atoms with van der Waals surface area (Å²) in [4.78, 5) is 22.6. The Balaban J connectivity index is 0.00000400. The van der Waals surface area contributed by atoms with Crippen LogP contribution in [0.4, 0.5) is 0 Å². The van der Waals surface area contributed by atoms with E-state index in [4.69, 9.17) is 4.74 Å². The zero-order valence-corrected chi connectivity index (χ0v) is 16.2. The van der Waals surface area contributed by atoms with Crippen LogP contribution >= 0.6 is 15.9 Å². The fourth-order valence-electron chi connectivity index (χ4n) is 1.62. The van der Waals surface area contributed by atoms with Gasteiger partial charge in [0.25, 0.3) is 0 Å². The molecule has 0 saturated carbocycles. The molecule has 1 rings (SSSR count). The summed E-state index contributed by atoms with van der Waals surface area (Å²) in [7, 11) is 1.55. The molecular weight excluding hydrogens is 349 g/mol. The zero-order valence-electron chi connectivity index (χ0n) is 12.7. The fourth-order valence-corrected chi connectivity index (χ4v) is 2.02. The minimum Gasteiger partial charge on any atom is -0.550 e. The molecule has 5 nitrogen and oxygen atoms in total. The van der Waals surface area contributed by atoms with Gasteiger partial charge in [0.05, 0.1) is 7.11 Å². The summed E-state index contributed by atoms with van der Waals surface area (Å²) in [5, 5.41) is 13.5.